The average Bonchev–Trinajstić information content (AvgIpc) is 3.26. The van der Waals surface area contributed by atoms with Crippen LogP contribution in [0.2, 0.25) is 0 Å². The molecule has 0 spiro atoms. The highest BCUT2D eigenvalue weighted by molar-refractivity contribution is 7.22. The molecule has 0 radical (unpaired) electrons. The first-order valence-corrected chi connectivity index (χ1v) is 9.31. The number of anilines is 1. The van der Waals surface area contributed by atoms with Crippen molar-refractivity contribution in [2.75, 3.05) is 24.8 Å². The van der Waals surface area contributed by atoms with Crippen LogP contribution in [0.25, 0.3) is 26.4 Å². The van der Waals surface area contributed by atoms with Gasteiger partial charge in [-0.25, -0.2) is 14.8 Å². The Hall–Kier alpha value is -2.85. The summed E-state index contributed by atoms with van der Waals surface area (Å²) in [7, 11) is 0. The van der Waals surface area contributed by atoms with Crippen LogP contribution in [0.15, 0.2) is 18.2 Å². The molecule has 0 atom stereocenters. The van der Waals surface area contributed by atoms with Crippen molar-refractivity contribution in [3.8, 4) is 22.9 Å². The smallest absolute Gasteiger partial charge is 0.246 e. The van der Waals surface area contributed by atoms with E-state index in [0.717, 1.165) is 46.0 Å². The summed E-state index contributed by atoms with van der Waals surface area (Å²) in [5, 5.41) is 1.65. The van der Waals surface area contributed by atoms with E-state index in [4.69, 9.17) is 26.0 Å². The van der Waals surface area contributed by atoms with Gasteiger partial charge in [0.25, 0.3) is 0 Å². The van der Waals surface area contributed by atoms with E-state index >= 15 is 0 Å². The summed E-state index contributed by atoms with van der Waals surface area (Å²) in [4.78, 5) is 16.3. The molecule has 3 aromatic rings. The van der Waals surface area contributed by atoms with E-state index in [0.29, 0.717) is 16.6 Å². The molecule has 0 aliphatic carbocycles. The van der Waals surface area contributed by atoms with Gasteiger partial charge in [-0.3, -0.25) is 0 Å². The molecule has 7 heteroatoms. The molecule has 0 saturated carbocycles. The standard InChI is InChI=1S/C19H18N4O2S/c1-5-23(6-2)17-15-11(3)18(20-4)26-19(15)22-16(21-17)12-7-8-13-14(9-12)25-10-24-13/h7-9H,5-6,10H2,1-3H3. The molecule has 0 unspecified atom stereocenters. The summed E-state index contributed by atoms with van der Waals surface area (Å²) in [6.45, 7) is 15.5. The van der Waals surface area contributed by atoms with Crippen molar-refractivity contribution in [3.05, 3.63) is 35.2 Å². The van der Waals surface area contributed by atoms with E-state index in [9.17, 15) is 0 Å². The maximum Gasteiger partial charge on any atom is 0.246 e. The lowest BCUT2D eigenvalue weighted by molar-refractivity contribution is 0.174. The predicted molar refractivity (Wildman–Crippen MR) is 104 cm³/mol. The van der Waals surface area contributed by atoms with Crippen LogP contribution in [0.1, 0.15) is 19.4 Å². The van der Waals surface area contributed by atoms with Crippen LogP contribution in [0, 0.1) is 13.5 Å². The van der Waals surface area contributed by atoms with Gasteiger partial charge in [0.2, 0.25) is 11.8 Å². The van der Waals surface area contributed by atoms with Crippen molar-refractivity contribution in [2.45, 2.75) is 20.8 Å². The van der Waals surface area contributed by atoms with Crippen LogP contribution in [0.4, 0.5) is 10.8 Å². The fourth-order valence-electron chi connectivity index (χ4n) is 3.13. The van der Waals surface area contributed by atoms with E-state index < -0.39 is 0 Å². The van der Waals surface area contributed by atoms with E-state index in [1.165, 1.54) is 11.3 Å². The third-order valence-electron chi connectivity index (χ3n) is 4.54. The Morgan fingerprint density at radius 2 is 1.96 bits per heavy atom. The van der Waals surface area contributed by atoms with Crippen molar-refractivity contribution in [2.24, 2.45) is 0 Å². The summed E-state index contributed by atoms with van der Waals surface area (Å²) in [5.41, 5.74) is 1.83. The zero-order valence-electron chi connectivity index (χ0n) is 14.9. The first-order valence-electron chi connectivity index (χ1n) is 8.49. The third-order valence-corrected chi connectivity index (χ3v) is 5.62. The van der Waals surface area contributed by atoms with E-state index in [1.807, 2.05) is 25.1 Å². The largest absolute Gasteiger partial charge is 0.454 e. The Kier molecular flexibility index (Phi) is 4.13. The molecule has 0 bridgehead atoms. The molecule has 0 N–H and O–H groups in total. The van der Waals surface area contributed by atoms with Crippen LogP contribution in [-0.4, -0.2) is 29.9 Å². The van der Waals surface area contributed by atoms with Gasteiger partial charge in [0.05, 0.1) is 6.57 Å². The van der Waals surface area contributed by atoms with Gasteiger partial charge in [0, 0.05) is 24.0 Å². The van der Waals surface area contributed by atoms with Gasteiger partial charge in [-0.05, 0) is 44.5 Å². The Balaban J connectivity index is 1.95. The van der Waals surface area contributed by atoms with Gasteiger partial charge in [-0.2, -0.15) is 0 Å². The number of hydrogen-bond donors (Lipinski definition) is 0. The third kappa shape index (κ3) is 2.54. The molecule has 0 amide bonds. The first kappa shape index (κ1) is 16.6. The highest BCUT2D eigenvalue weighted by Crippen LogP contribution is 2.42. The molecule has 4 rings (SSSR count). The molecule has 0 fully saturated rings. The SMILES string of the molecule is [C-]#[N+]c1sc2nc(-c3ccc4c(c3)OCO4)nc(N(CC)CC)c2c1C. The first-order chi connectivity index (χ1) is 12.7. The molecule has 1 aliphatic heterocycles. The highest BCUT2D eigenvalue weighted by Gasteiger charge is 2.21. The fraction of sp³-hybridized carbons (Fsp3) is 0.316. The number of hydrogen-bond acceptors (Lipinski definition) is 6. The molecule has 2 aromatic heterocycles. The molecule has 132 valence electrons. The lowest BCUT2D eigenvalue weighted by Crippen LogP contribution is -2.23. The number of fused-ring (bicyclic) bond motifs is 2. The number of ether oxygens (including phenoxy) is 2. The average molecular weight is 366 g/mol. The van der Waals surface area contributed by atoms with E-state index in [2.05, 4.69) is 23.6 Å². The highest BCUT2D eigenvalue weighted by atomic mass is 32.1. The van der Waals surface area contributed by atoms with Gasteiger partial charge < -0.3 is 14.4 Å². The normalized spacial score (nSPS) is 12.4. The molecule has 6 nitrogen and oxygen atoms in total. The van der Waals surface area contributed by atoms with Gasteiger partial charge in [-0.1, -0.05) is 0 Å². The zero-order valence-corrected chi connectivity index (χ0v) is 15.7. The molecule has 1 aromatic carbocycles. The number of aromatic nitrogens is 2. The van der Waals surface area contributed by atoms with Crippen molar-refractivity contribution in [1.29, 1.82) is 0 Å². The van der Waals surface area contributed by atoms with E-state index in [-0.39, 0.29) is 6.79 Å². The van der Waals surface area contributed by atoms with Crippen molar-refractivity contribution in [3.63, 3.8) is 0 Å². The zero-order chi connectivity index (χ0) is 18.3. The monoisotopic (exact) mass is 366 g/mol. The van der Waals surface area contributed by atoms with Crippen molar-refractivity contribution in [1.82, 2.24) is 9.97 Å². The van der Waals surface area contributed by atoms with Crippen LogP contribution in [-0.2, 0) is 0 Å². The van der Waals surface area contributed by atoms with Gasteiger partial charge in [0.15, 0.2) is 17.3 Å². The van der Waals surface area contributed by atoms with E-state index in [1.54, 1.807) is 0 Å². The molecule has 3 heterocycles. The predicted octanol–water partition coefficient (Wildman–Crippen LogP) is 4.79. The fourth-order valence-corrected chi connectivity index (χ4v) is 4.09. The molecule has 0 saturated heterocycles. The minimum atomic E-state index is 0.238. The minimum Gasteiger partial charge on any atom is -0.454 e. The number of benzene rings is 1. The van der Waals surface area contributed by atoms with Gasteiger partial charge >= 0.3 is 0 Å². The Labute approximate surface area is 155 Å². The topological polar surface area (TPSA) is 51.8 Å². The number of rotatable bonds is 4. The summed E-state index contributed by atoms with van der Waals surface area (Å²) in [6, 6.07) is 5.73. The van der Waals surface area contributed by atoms with Crippen LogP contribution in [0.5, 0.6) is 11.5 Å². The molecule has 1 aliphatic rings. The molecule has 26 heavy (non-hydrogen) atoms. The lowest BCUT2D eigenvalue weighted by Gasteiger charge is -2.21. The van der Waals surface area contributed by atoms with Crippen molar-refractivity contribution >= 4 is 32.4 Å². The second-order valence-corrected chi connectivity index (χ2v) is 6.91. The summed E-state index contributed by atoms with van der Waals surface area (Å²) < 4.78 is 10.9. The second-order valence-electron chi connectivity index (χ2n) is 5.94. The van der Waals surface area contributed by atoms with Crippen LogP contribution >= 0.6 is 11.3 Å². The molecular formula is C19H18N4O2S. The van der Waals surface area contributed by atoms with Crippen LogP contribution in [0.3, 0.4) is 0 Å². The van der Waals surface area contributed by atoms with Gasteiger partial charge in [-0.15, -0.1) is 11.3 Å². The summed E-state index contributed by atoms with van der Waals surface area (Å²) >= 11 is 1.42. The Bertz CT molecular complexity index is 1030. The van der Waals surface area contributed by atoms with Crippen molar-refractivity contribution < 1.29 is 9.47 Å². The second kappa shape index (κ2) is 6.46. The summed E-state index contributed by atoms with van der Waals surface area (Å²) in [6.07, 6.45) is 0. The Morgan fingerprint density at radius 1 is 1.19 bits per heavy atom. The summed E-state index contributed by atoms with van der Waals surface area (Å²) in [5.74, 6) is 2.97. The quantitative estimate of drug-likeness (QED) is 0.621. The lowest BCUT2D eigenvalue weighted by atomic mass is 10.1. The number of aryl methyl sites for hydroxylation is 1. The molecular weight excluding hydrogens is 348 g/mol. The number of nitrogens with zero attached hydrogens (tertiary/aromatic N) is 4. The number of thiophene rings is 1. The minimum absolute atomic E-state index is 0.238. The van der Waals surface area contributed by atoms with Gasteiger partial charge in [0.1, 0.15) is 10.6 Å². The maximum absolute atomic E-state index is 7.43. The van der Waals surface area contributed by atoms with Crippen LogP contribution < -0.4 is 14.4 Å². The maximum atomic E-state index is 7.43. The Morgan fingerprint density at radius 3 is 2.69 bits per heavy atom.